The van der Waals surface area contributed by atoms with E-state index in [0.717, 1.165) is 188 Å². The molecule has 3 aliphatic heterocycles. The van der Waals surface area contributed by atoms with Gasteiger partial charge >= 0.3 is 19.3 Å². The van der Waals surface area contributed by atoms with Crippen LogP contribution in [0, 0.1) is 11.8 Å². The van der Waals surface area contributed by atoms with Crippen LogP contribution in [0.25, 0.3) is 67.9 Å². The summed E-state index contributed by atoms with van der Waals surface area (Å²) in [4.78, 5) is 69.2. The summed E-state index contributed by atoms with van der Waals surface area (Å²) in [5, 5.41) is 19.3. The van der Waals surface area contributed by atoms with E-state index in [0.29, 0.717) is 0 Å². The number of nitrogens with zero attached hydrogens (tertiary/aromatic N) is 6. The van der Waals surface area contributed by atoms with Crippen molar-refractivity contribution in [2.75, 3.05) is 21.3 Å². The van der Waals surface area contributed by atoms with E-state index in [4.69, 9.17) is 33.7 Å². The van der Waals surface area contributed by atoms with Crippen molar-refractivity contribution in [1.29, 1.82) is 0 Å². The van der Waals surface area contributed by atoms with Crippen LogP contribution in [-0.4, -0.2) is 82.6 Å². The van der Waals surface area contributed by atoms with E-state index in [1.54, 1.807) is 12.4 Å². The SMILES string of the molecule is CC(C)(C)OC(=O)NC1(c2ccc(-c3c(-c4ccc(NC(=O)C5CC5)cc4)nc4n3-c3cccnc3Nc3ccccc3-4)cc2)CCC1.CC(C)(C)OC(=O)NC1(c2ccc(-c3c(Br)nc4n3-c3cccnc3Nc3ccccc3-4)cc2)CCC1.CC1(C)OB(c2ccc(NC(=O)C3CC3)cc2)OC1(C)C. The highest BCUT2D eigenvalue weighted by Crippen LogP contribution is 2.49. The number of amides is 4. The van der Waals surface area contributed by atoms with Crippen LogP contribution in [0.4, 0.5) is 44.0 Å². The third-order valence-electron chi connectivity index (χ3n) is 21.0. The number of para-hydroxylation sites is 2. The summed E-state index contributed by atoms with van der Waals surface area (Å²) in [6.45, 7) is 19.4. The number of hydrogen-bond donors (Lipinski definition) is 6. The standard InChI is InChI=1S/C39H38N6O3.C29H28BrN5O2.C16H22BNO3/c1-38(2,3)48-37(47)44-39(21-7-22-39)27-17-13-25(14-18-27)33-32(24-15-19-28(20-16-24)41-36(46)26-11-12-26)43-35-29-8-4-5-9-30(29)42-34-31(45(33)35)10-6-23-40-34;1-28(2,3)37-27(36)34-29(15-7-16-29)19-13-11-18(12-14-19)23-24(30)33-26-20-8-4-5-9-21(20)32-25-22(35(23)26)10-6-17-31-25;1-15(2)16(3,4)21-17(20-15)12-7-9-13(10-8-12)18-14(19)11-5-6-11/h4-6,8-10,13-20,23,26H,7,11-12,21-22H2,1-3H3,(H,40,42)(H,41,46)(H,44,47);4-6,8-14,17H,7,15-16H2,1-3H3,(H,31,32)(H,34,36);7-11H,5-6H2,1-4H3,(H,18,19). The number of nitrogens with one attached hydrogen (secondary N) is 6. The average molecular weight is 1480 g/mol. The number of rotatable bonds is 12. The average Bonchev–Trinajstić information content (AvgIpc) is 1.55. The number of fused-ring (bicyclic) bond motifs is 10. The molecule has 20 nitrogen and oxygen atoms in total. The van der Waals surface area contributed by atoms with Crippen molar-refractivity contribution in [1.82, 2.24) is 39.7 Å². The number of carbonyl (C=O) groups excluding carboxylic acids is 4. The molecule has 7 aliphatic rings. The van der Waals surface area contributed by atoms with Crippen LogP contribution in [0.5, 0.6) is 0 Å². The predicted octanol–water partition coefficient (Wildman–Crippen LogP) is 18.2. The van der Waals surface area contributed by atoms with E-state index in [9.17, 15) is 19.2 Å². The van der Waals surface area contributed by atoms with E-state index >= 15 is 0 Å². The van der Waals surface area contributed by atoms with Gasteiger partial charge in [0, 0.05) is 63.4 Å². The lowest BCUT2D eigenvalue weighted by Crippen LogP contribution is -2.52. The van der Waals surface area contributed by atoms with Crippen LogP contribution in [0.2, 0.25) is 0 Å². The second-order valence-corrected chi connectivity index (χ2v) is 32.3. The predicted molar refractivity (Wildman–Crippen MR) is 419 cm³/mol. The van der Waals surface area contributed by atoms with Gasteiger partial charge in [-0.1, -0.05) is 97.1 Å². The molecule has 542 valence electrons. The van der Waals surface area contributed by atoms with Crippen molar-refractivity contribution in [3.05, 3.63) is 198 Å². The molecule has 0 bridgehead atoms. The van der Waals surface area contributed by atoms with Gasteiger partial charge in [-0.3, -0.25) is 18.7 Å². The first-order valence-electron chi connectivity index (χ1n) is 36.7. The molecular weight excluding hydrogens is 1400 g/mol. The van der Waals surface area contributed by atoms with Gasteiger partial charge in [0.05, 0.1) is 62.1 Å². The van der Waals surface area contributed by atoms with Gasteiger partial charge in [0.15, 0.2) is 11.6 Å². The monoisotopic (exact) mass is 1480 g/mol. The van der Waals surface area contributed by atoms with Gasteiger partial charge in [0.25, 0.3) is 0 Å². The Labute approximate surface area is 626 Å². The fraction of sp³-hybridized carbons (Fsp3) is 0.333. The zero-order chi connectivity index (χ0) is 74.1. The second kappa shape index (κ2) is 27.8. The summed E-state index contributed by atoms with van der Waals surface area (Å²) in [6, 6.07) is 56.7. The van der Waals surface area contributed by atoms with Gasteiger partial charge in [0.2, 0.25) is 11.8 Å². The van der Waals surface area contributed by atoms with Crippen LogP contribution < -0.4 is 37.4 Å². The lowest BCUT2D eigenvalue weighted by atomic mass is 9.71. The molecule has 4 amide bonds. The van der Waals surface area contributed by atoms with Gasteiger partial charge in [-0.25, -0.2) is 29.5 Å². The Balaban J connectivity index is 0.000000137. The molecule has 0 unspecified atom stereocenters. The zero-order valence-corrected chi connectivity index (χ0v) is 63.0. The lowest BCUT2D eigenvalue weighted by molar-refractivity contribution is -0.118. The number of halogens is 1. The van der Waals surface area contributed by atoms with E-state index in [1.165, 1.54) is 0 Å². The molecule has 6 N–H and O–H groups in total. The summed E-state index contributed by atoms with van der Waals surface area (Å²) in [6.07, 6.45) is 12.3. The molecule has 106 heavy (non-hydrogen) atoms. The quantitative estimate of drug-likeness (QED) is 0.0624. The number of aromatic nitrogens is 6. The van der Waals surface area contributed by atoms with E-state index in [-0.39, 0.29) is 48.1 Å². The van der Waals surface area contributed by atoms with Crippen molar-refractivity contribution in [2.24, 2.45) is 11.8 Å². The maximum atomic E-state index is 12.8. The van der Waals surface area contributed by atoms with Gasteiger partial charge in [-0.2, -0.15) is 0 Å². The molecule has 7 heterocycles. The van der Waals surface area contributed by atoms with Crippen LogP contribution in [0.3, 0.4) is 0 Å². The Morgan fingerprint density at radius 3 is 1.34 bits per heavy atom. The molecule has 4 aliphatic carbocycles. The lowest BCUT2D eigenvalue weighted by Gasteiger charge is -2.43. The number of ether oxygens (including phenoxy) is 2. The molecule has 10 aromatic rings. The first-order valence-corrected chi connectivity index (χ1v) is 37.5. The first-order chi connectivity index (χ1) is 50.7. The van der Waals surface area contributed by atoms with Crippen molar-refractivity contribution in [3.8, 4) is 67.9 Å². The van der Waals surface area contributed by atoms with Gasteiger partial charge in [-0.05, 0) is 239 Å². The molecule has 17 rings (SSSR count). The van der Waals surface area contributed by atoms with Crippen LogP contribution >= 0.6 is 15.9 Å². The van der Waals surface area contributed by atoms with Gasteiger partial charge in [0.1, 0.15) is 27.5 Å². The normalized spacial score (nSPS) is 17.1. The van der Waals surface area contributed by atoms with Crippen LogP contribution in [0.1, 0.15) is 145 Å². The summed E-state index contributed by atoms with van der Waals surface area (Å²) in [5.41, 5.74) is 13.3. The van der Waals surface area contributed by atoms with Crippen molar-refractivity contribution in [3.63, 3.8) is 0 Å². The summed E-state index contributed by atoms with van der Waals surface area (Å²) >= 11 is 3.74. The van der Waals surface area contributed by atoms with Crippen molar-refractivity contribution >= 4 is 86.9 Å². The number of carbonyl (C=O) groups is 4. The van der Waals surface area contributed by atoms with Crippen LogP contribution in [0.15, 0.2) is 187 Å². The Hall–Kier alpha value is -10.4. The molecule has 5 fully saturated rings. The van der Waals surface area contributed by atoms with Crippen molar-refractivity contribution in [2.45, 2.75) is 167 Å². The Morgan fingerprint density at radius 1 is 0.509 bits per heavy atom. The Morgan fingerprint density at radius 2 is 0.915 bits per heavy atom. The molecule has 6 aromatic carbocycles. The molecule has 1 saturated heterocycles. The number of hydrogen-bond acceptors (Lipinski definition) is 14. The van der Waals surface area contributed by atoms with E-state index < -0.39 is 28.4 Å². The maximum absolute atomic E-state index is 12.8. The highest BCUT2D eigenvalue weighted by molar-refractivity contribution is 9.10. The van der Waals surface area contributed by atoms with Gasteiger partial charge in [-0.15, -0.1) is 0 Å². The Bertz CT molecular complexity index is 4990. The minimum absolute atomic E-state index is 0.0795. The van der Waals surface area contributed by atoms with Crippen molar-refractivity contribution < 1.29 is 38.0 Å². The highest BCUT2D eigenvalue weighted by Gasteiger charge is 2.52. The highest BCUT2D eigenvalue weighted by atomic mass is 79.9. The smallest absolute Gasteiger partial charge is 0.444 e. The maximum Gasteiger partial charge on any atom is 0.494 e. The number of alkyl carbamates (subject to hydrolysis) is 2. The second-order valence-electron chi connectivity index (χ2n) is 31.6. The zero-order valence-electron chi connectivity index (χ0n) is 61.5. The third-order valence-corrected chi connectivity index (χ3v) is 21.5. The summed E-state index contributed by atoms with van der Waals surface area (Å²) in [5.74, 6) is 3.69. The topological polar surface area (TPSA) is 239 Å². The third kappa shape index (κ3) is 14.6. The number of pyridine rings is 2. The minimum atomic E-state index is -0.575. The first kappa shape index (κ1) is 71.2. The molecule has 0 radical (unpaired) electrons. The van der Waals surface area contributed by atoms with E-state index in [2.05, 4.69) is 129 Å². The summed E-state index contributed by atoms with van der Waals surface area (Å²) < 4.78 is 28.3. The Kier molecular flexibility index (Phi) is 18.7. The molecule has 4 saturated carbocycles. The molecule has 0 spiro atoms. The molecule has 4 aromatic heterocycles. The number of benzene rings is 6. The molecule has 0 atom stereocenters. The van der Waals surface area contributed by atoms with E-state index in [1.807, 2.05) is 172 Å². The van der Waals surface area contributed by atoms with Crippen LogP contribution in [-0.2, 0) is 39.4 Å². The number of anilines is 6. The fourth-order valence-electron chi connectivity index (χ4n) is 14.1. The fourth-order valence-corrected chi connectivity index (χ4v) is 14.6. The minimum Gasteiger partial charge on any atom is -0.444 e. The number of imidazole rings is 2. The summed E-state index contributed by atoms with van der Waals surface area (Å²) in [7, 11) is -0.358. The largest absolute Gasteiger partial charge is 0.494 e. The molecular formula is C84H88BBrN12O8. The van der Waals surface area contributed by atoms with Gasteiger partial charge < -0.3 is 50.7 Å². The molecule has 22 heteroatoms.